The van der Waals surface area contributed by atoms with Crippen molar-refractivity contribution in [2.45, 2.75) is 0 Å². The first kappa shape index (κ1) is 55.8. The van der Waals surface area contributed by atoms with Gasteiger partial charge in [0, 0.05) is 112 Å². The molecule has 0 atom stereocenters. The van der Waals surface area contributed by atoms with E-state index in [1.807, 2.05) is 0 Å². The van der Waals surface area contributed by atoms with E-state index in [0.29, 0.717) is 0 Å². The average Bonchev–Trinajstić information content (AvgIpc) is 0. The summed E-state index contributed by atoms with van der Waals surface area (Å²) < 4.78 is 0. The van der Waals surface area contributed by atoms with Crippen LogP contribution in [0.15, 0.2) is 0 Å². The van der Waals surface area contributed by atoms with Gasteiger partial charge in [0.1, 0.15) is 0 Å². The third kappa shape index (κ3) is 25.8. The van der Waals surface area contributed by atoms with Crippen LogP contribution in [0.3, 0.4) is 0 Å². The molecule has 2 radical (unpaired) electrons. The van der Waals surface area contributed by atoms with Gasteiger partial charge < -0.3 is 0 Å². The summed E-state index contributed by atoms with van der Waals surface area (Å²) in [7, 11) is 0. The fourth-order valence-corrected chi connectivity index (χ4v) is 0. The average molecular weight is 371 g/mol. The maximum absolute atomic E-state index is 0. The van der Waals surface area contributed by atoms with Crippen molar-refractivity contribution in [3.63, 3.8) is 0 Å². The molecule has 0 rings (SSSR count). The van der Waals surface area contributed by atoms with Crippen LogP contribution in [-0.2, 0) is 112 Å². The maximum Gasteiger partial charge on any atom is 0 e. The topological polar surface area (TPSA) is 0 Å². The molecule has 0 bridgehead atoms. The van der Waals surface area contributed by atoms with Gasteiger partial charge in [0.25, 0.3) is 0 Å². The summed E-state index contributed by atoms with van der Waals surface area (Å²) in [6, 6.07) is 0. The SMILES string of the molecule is [Cr].[Cu].[Fe].[Nb].[Ni].[Ti]. The van der Waals surface area contributed by atoms with Crippen LogP contribution in [0.4, 0.5) is 0 Å². The van der Waals surface area contributed by atoms with Crippen LogP contribution in [0.25, 0.3) is 0 Å². The normalized spacial score (nSPS) is 0. The third-order valence-corrected chi connectivity index (χ3v) is 0. The van der Waals surface area contributed by atoms with Crippen LogP contribution in [0.1, 0.15) is 0 Å². The van der Waals surface area contributed by atoms with Gasteiger partial charge in [-0.25, -0.2) is 0 Å². The summed E-state index contributed by atoms with van der Waals surface area (Å²) in [4.78, 5) is 0. The zero-order valence-corrected chi connectivity index (χ0v) is 10.4. The van der Waals surface area contributed by atoms with E-state index in [1.54, 1.807) is 0 Å². The van der Waals surface area contributed by atoms with Crippen molar-refractivity contribution in [2.24, 2.45) is 0 Å². The monoisotopic (exact) mass is 370 g/mol. The Labute approximate surface area is 110 Å². The van der Waals surface area contributed by atoms with Crippen molar-refractivity contribution in [1.29, 1.82) is 0 Å². The molecule has 0 aliphatic heterocycles. The van der Waals surface area contributed by atoms with Crippen molar-refractivity contribution in [3.8, 4) is 0 Å². The second-order valence-corrected chi connectivity index (χ2v) is 0. The molecule has 0 aromatic carbocycles. The van der Waals surface area contributed by atoms with Crippen LogP contribution in [0.2, 0.25) is 0 Å². The molecule has 0 aliphatic carbocycles. The zero-order valence-electron chi connectivity index (χ0n) is 2.33. The smallest absolute Gasteiger partial charge is 0 e. The van der Waals surface area contributed by atoms with Crippen molar-refractivity contribution >= 4 is 0 Å². The van der Waals surface area contributed by atoms with Gasteiger partial charge in [-0.05, 0) is 0 Å². The van der Waals surface area contributed by atoms with E-state index in [2.05, 4.69) is 0 Å². The fourth-order valence-electron chi connectivity index (χ4n) is 0. The van der Waals surface area contributed by atoms with Crippen LogP contribution in [-0.4, -0.2) is 0 Å². The fraction of sp³-hybridized carbons (Fsp3) is 0. The maximum atomic E-state index is 0. The van der Waals surface area contributed by atoms with E-state index in [4.69, 9.17) is 0 Å². The molecular formula is CrCuFeNbNiTi. The van der Waals surface area contributed by atoms with Crippen molar-refractivity contribution in [2.75, 3.05) is 0 Å². The van der Waals surface area contributed by atoms with Gasteiger partial charge in [-0.15, -0.1) is 0 Å². The molecule has 0 aromatic rings. The third-order valence-electron chi connectivity index (χ3n) is 0. The Hall–Kier alpha value is 3.52. The molecule has 0 spiro atoms. The quantitative estimate of drug-likeness (QED) is 0.526. The molecule has 0 nitrogen and oxygen atoms in total. The van der Waals surface area contributed by atoms with Crippen molar-refractivity contribution in [1.82, 2.24) is 0 Å². The standard InChI is InChI=1S/Cr.Cu.Fe.Nb.Ni.Ti. The number of hydrogen-bond acceptors (Lipinski definition) is 0. The first-order valence-electron chi connectivity index (χ1n) is 0. The summed E-state index contributed by atoms with van der Waals surface area (Å²) in [5.41, 5.74) is 0. The van der Waals surface area contributed by atoms with Gasteiger partial charge >= 0.3 is 0 Å². The second-order valence-electron chi connectivity index (χ2n) is 0. The number of hydrogen-bond donors (Lipinski definition) is 0. The summed E-state index contributed by atoms with van der Waals surface area (Å²) in [5.74, 6) is 0. The van der Waals surface area contributed by atoms with Gasteiger partial charge in [0.05, 0.1) is 0 Å². The van der Waals surface area contributed by atoms with Crippen LogP contribution >= 0.6 is 0 Å². The molecule has 6 heteroatoms. The Balaban J connectivity index is 0. The van der Waals surface area contributed by atoms with E-state index in [1.165, 1.54) is 0 Å². The van der Waals surface area contributed by atoms with Crippen LogP contribution in [0, 0.1) is 0 Å². The predicted octanol–water partition coefficient (Wildman–Crippen LogP) is -0.0150. The minimum Gasteiger partial charge on any atom is 0 e. The Kier molecular flexibility index (Phi) is 362. The first-order chi connectivity index (χ1) is 0. The molecule has 0 unspecified atom stereocenters. The van der Waals surface area contributed by atoms with E-state index >= 15 is 0 Å². The van der Waals surface area contributed by atoms with Gasteiger partial charge in [-0.2, -0.15) is 0 Å². The van der Waals surface area contributed by atoms with Crippen molar-refractivity contribution in [3.05, 3.63) is 0 Å². The minimum absolute atomic E-state index is 0. The molecule has 0 N–H and O–H groups in total. The number of rotatable bonds is 0. The van der Waals surface area contributed by atoms with E-state index in [0.717, 1.165) is 0 Å². The van der Waals surface area contributed by atoms with E-state index in [9.17, 15) is 0 Å². The Morgan fingerprint density at radius 1 is 1.00 bits per heavy atom. The summed E-state index contributed by atoms with van der Waals surface area (Å²) in [6.07, 6.45) is 0. The van der Waals surface area contributed by atoms with E-state index in [-0.39, 0.29) is 112 Å². The molecule has 0 aromatic heterocycles. The summed E-state index contributed by atoms with van der Waals surface area (Å²) in [5, 5.41) is 0. The molecule has 0 saturated carbocycles. The largest absolute Gasteiger partial charge is 0 e. The zero-order chi connectivity index (χ0) is 0. The molecule has 0 saturated heterocycles. The molecule has 6 heavy (non-hydrogen) atoms. The van der Waals surface area contributed by atoms with Crippen LogP contribution in [0.5, 0.6) is 0 Å². The molecule has 0 heterocycles. The molecule has 0 aliphatic rings. The Morgan fingerprint density at radius 3 is 1.00 bits per heavy atom. The molecule has 0 fully saturated rings. The molecule has 44 valence electrons. The van der Waals surface area contributed by atoms with E-state index < -0.39 is 0 Å². The van der Waals surface area contributed by atoms with Gasteiger partial charge in [-0.3, -0.25) is 0 Å². The summed E-state index contributed by atoms with van der Waals surface area (Å²) in [6.45, 7) is 0. The van der Waals surface area contributed by atoms with Gasteiger partial charge in [0.15, 0.2) is 0 Å². The molecular weight excluding hydrogens is 371 g/mol. The van der Waals surface area contributed by atoms with Gasteiger partial charge in [-0.1, -0.05) is 0 Å². The Bertz CT molecular complexity index is 15.5. The van der Waals surface area contributed by atoms with Crippen molar-refractivity contribution < 1.29 is 112 Å². The minimum atomic E-state index is 0. The first-order valence-corrected chi connectivity index (χ1v) is 0. The summed E-state index contributed by atoms with van der Waals surface area (Å²) >= 11 is 0. The van der Waals surface area contributed by atoms with Gasteiger partial charge in [0.2, 0.25) is 0 Å². The predicted molar refractivity (Wildman–Crippen MR) is 0 cm³/mol. The second kappa shape index (κ2) is 38.9. The molecule has 0 amide bonds. The van der Waals surface area contributed by atoms with Crippen LogP contribution < -0.4 is 0 Å². The Morgan fingerprint density at radius 2 is 1.00 bits per heavy atom.